The first kappa shape index (κ1) is 18.9. The predicted octanol–water partition coefficient (Wildman–Crippen LogP) is 1.82. The number of nitrogens with zero attached hydrogens (tertiary/aromatic N) is 3. The van der Waals surface area contributed by atoms with E-state index in [1.807, 2.05) is 30.3 Å². The van der Waals surface area contributed by atoms with Gasteiger partial charge in [-0.15, -0.1) is 0 Å². The van der Waals surface area contributed by atoms with Crippen molar-refractivity contribution in [2.75, 3.05) is 20.2 Å². The van der Waals surface area contributed by atoms with E-state index < -0.39 is 5.54 Å². The number of benzene rings is 1. The van der Waals surface area contributed by atoms with Crippen molar-refractivity contribution in [2.45, 2.75) is 24.9 Å². The molecule has 1 aromatic heterocycles. The number of methoxy groups -OCH3 is 1. The summed E-state index contributed by atoms with van der Waals surface area (Å²) in [5.74, 6) is 0.0782. The number of urea groups is 1. The zero-order valence-corrected chi connectivity index (χ0v) is 16.1. The van der Waals surface area contributed by atoms with Crippen molar-refractivity contribution in [3.05, 3.63) is 59.8 Å². The summed E-state index contributed by atoms with van der Waals surface area (Å²) in [7, 11) is 1.52. The quantitative estimate of drug-likeness (QED) is 0.799. The van der Waals surface area contributed by atoms with Crippen molar-refractivity contribution in [1.29, 1.82) is 0 Å². The predicted molar refractivity (Wildman–Crippen MR) is 104 cm³/mol. The summed E-state index contributed by atoms with van der Waals surface area (Å²) in [5.41, 5.74) is 0.433. The second-order valence-electron chi connectivity index (χ2n) is 7.27. The number of carbonyl (C=O) groups is 3. The smallest absolute Gasteiger partial charge is 0.325 e. The fourth-order valence-electron chi connectivity index (χ4n) is 3.83. The summed E-state index contributed by atoms with van der Waals surface area (Å²) in [6.45, 7) is 1.01. The van der Waals surface area contributed by atoms with Crippen LogP contribution in [0.5, 0.6) is 5.88 Å². The lowest BCUT2D eigenvalue weighted by Gasteiger charge is -2.37. The highest BCUT2D eigenvalue weighted by molar-refractivity contribution is 6.07. The van der Waals surface area contributed by atoms with E-state index in [4.69, 9.17) is 4.74 Å². The average Bonchev–Trinajstić information content (AvgIpc) is 2.98. The highest BCUT2D eigenvalue weighted by Gasteiger charge is 2.52. The third-order valence-electron chi connectivity index (χ3n) is 5.53. The van der Waals surface area contributed by atoms with Gasteiger partial charge in [0.1, 0.15) is 5.54 Å². The number of rotatable bonds is 4. The number of piperidine rings is 1. The summed E-state index contributed by atoms with van der Waals surface area (Å²) in [4.78, 5) is 45.2. The number of ether oxygens (including phenoxy) is 1. The number of aromatic nitrogens is 1. The van der Waals surface area contributed by atoms with Crippen molar-refractivity contribution in [2.24, 2.45) is 0 Å². The Hall–Kier alpha value is -3.42. The molecular weight excluding hydrogens is 372 g/mol. The summed E-state index contributed by atoms with van der Waals surface area (Å²) >= 11 is 0. The van der Waals surface area contributed by atoms with Crippen LogP contribution in [0.1, 0.15) is 28.8 Å². The second kappa shape index (κ2) is 7.54. The van der Waals surface area contributed by atoms with Crippen molar-refractivity contribution in [1.82, 2.24) is 20.1 Å². The second-order valence-corrected chi connectivity index (χ2v) is 7.27. The molecule has 1 aromatic carbocycles. The molecule has 2 aliphatic heterocycles. The zero-order valence-electron chi connectivity index (χ0n) is 16.1. The van der Waals surface area contributed by atoms with Crippen LogP contribution >= 0.6 is 0 Å². The molecule has 0 radical (unpaired) electrons. The Morgan fingerprint density at radius 1 is 1.14 bits per heavy atom. The molecule has 3 heterocycles. The van der Waals surface area contributed by atoms with Crippen LogP contribution in [-0.2, 0) is 11.3 Å². The van der Waals surface area contributed by atoms with Crippen LogP contribution in [0.4, 0.5) is 4.79 Å². The number of hydrogen-bond donors (Lipinski definition) is 1. The molecule has 2 saturated heterocycles. The van der Waals surface area contributed by atoms with Gasteiger partial charge >= 0.3 is 6.03 Å². The Bertz CT molecular complexity index is 921. The molecule has 29 heavy (non-hydrogen) atoms. The molecule has 4 amide bonds. The highest BCUT2D eigenvalue weighted by atomic mass is 16.5. The topological polar surface area (TPSA) is 91.8 Å². The molecule has 0 unspecified atom stereocenters. The van der Waals surface area contributed by atoms with E-state index >= 15 is 0 Å². The number of hydrogen-bond acceptors (Lipinski definition) is 5. The van der Waals surface area contributed by atoms with Gasteiger partial charge in [0.15, 0.2) is 0 Å². The molecule has 1 spiro atoms. The third kappa shape index (κ3) is 3.53. The first-order valence-electron chi connectivity index (χ1n) is 9.50. The summed E-state index contributed by atoms with van der Waals surface area (Å²) in [5, 5.41) is 2.87. The number of likely N-dealkylation sites (tertiary alicyclic amines) is 1. The molecule has 0 bridgehead atoms. The largest absolute Gasteiger partial charge is 0.481 e. The van der Waals surface area contributed by atoms with E-state index in [1.165, 1.54) is 18.2 Å². The maximum atomic E-state index is 13.0. The van der Waals surface area contributed by atoms with Gasteiger partial charge in [-0.1, -0.05) is 30.3 Å². The van der Waals surface area contributed by atoms with E-state index in [2.05, 4.69) is 10.3 Å². The van der Waals surface area contributed by atoms with E-state index in [0.717, 1.165) is 5.56 Å². The van der Waals surface area contributed by atoms with Crippen LogP contribution in [0.25, 0.3) is 0 Å². The summed E-state index contributed by atoms with van der Waals surface area (Å²) < 4.78 is 5.01. The Morgan fingerprint density at radius 3 is 2.48 bits per heavy atom. The molecule has 2 fully saturated rings. The number of amides is 4. The zero-order chi connectivity index (χ0) is 20.4. The van der Waals surface area contributed by atoms with Gasteiger partial charge in [0.25, 0.3) is 11.8 Å². The average molecular weight is 394 g/mol. The minimum absolute atomic E-state index is 0.145. The minimum Gasteiger partial charge on any atom is -0.481 e. The fourth-order valence-corrected chi connectivity index (χ4v) is 3.83. The Labute approximate surface area is 168 Å². The van der Waals surface area contributed by atoms with Gasteiger partial charge in [-0.25, -0.2) is 9.78 Å². The van der Waals surface area contributed by atoms with Gasteiger partial charge in [0.2, 0.25) is 5.88 Å². The monoisotopic (exact) mass is 394 g/mol. The minimum atomic E-state index is -0.930. The molecule has 0 saturated carbocycles. The molecule has 8 heteroatoms. The number of nitrogens with one attached hydrogen (secondary N) is 1. The molecular formula is C21H22N4O4. The number of carbonyl (C=O) groups excluding carboxylic acids is 3. The lowest BCUT2D eigenvalue weighted by Crippen LogP contribution is -2.55. The van der Waals surface area contributed by atoms with Gasteiger partial charge in [0.05, 0.1) is 19.2 Å². The summed E-state index contributed by atoms with van der Waals surface area (Å²) in [6, 6.07) is 12.3. The van der Waals surface area contributed by atoms with Gasteiger partial charge in [-0.2, -0.15) is 0 Å². The normalized spacial score (nSPS) is 18.1. The maximum Gasteiger partial charge on any atom is 0.325 e. The first-order chi connectivity index (χ1) is 14.0. The van der Waals surface area contributed by atoms with Crippen molar-refractivity contribution in [3.63, 3.8) is 0 Å². The van der Waals surface area contributed by atoms with E-state index in [-0.39, 0.29) is 24.4 Å². The Morgan fingerprint density at radius 2 is 1.86 bits per heavy atom. The van der Waals surface area contributed by atoms with E-state index in [9.17, 15) is 14.4 Å². The lowest BCUT2D eigenvalue weighted by atomic mass is 9.87. The van der Waals surface area contributed by atoms with Crippen LogP contribution in [0.2, 0.25) is 0 Å². The standard InChI is InChI=1S/C21H22N4O4/c1-29-17-8-7-16(13-22-17)18(26)24-11-9-21(10-12-24)19(27)25(20(28)23-21)14-15-5-3-2-4-6-15/h2-8,13H,9-12,14H2,1H3,(H,23,28). The SMILES string of the molecule is COc1ccc(C(=O)N2CCC3(CC2)NC(=O)N(Cc2ccccc2)C3=O)cn1. The Kier molecular flexibility index (Phi) is 4.92. The first-order valence-corrected chi connectivity index (χ1v) is 9.50. The molecule has 0 atom stereocenters. The van der Waals surface area contributed by atoms with Crippen molar-refractivity contribution in [3.8, 4) is 5.88 Å². The van der Waals surface area contributed by atoms with Gasteiger partial charge in [0, 0.05) is 25.4 Å². The number of imide groups is 1. The molecule has 150 valence electrons. The molecule has 4 rings (SSSR count). The molecule has 8 nitrogen and oxygen atoms in total. The van der Waals surface area contributed by atoms with Crippen LogP contribution in [0.15, 0.2) is 48.7 Å². The maximum absolute atomic E-state index is 13.0. The fraction of sp³-hybridized carbons (Fsp3) is 0.333. The van der Waals surface area contributed by atoms with Crippen LogP contribution < -0.4 is 10.1 Å². The molecule has 2 aromatic rings. The summed E-state index contributed by atoms with van der Waals surface area (Å²) in [6.07, 6.45) is 2.26. The highest BCUT2D eigenvalue weighted by Crippen LogP contribution is 2.31. The lowest BCUT2D eigenvalue weighted by molar-refractivity contribution is -0.133. The van der Waals surface area contributed by atoms with Crippen LogP contribution in [0, 0.1) is 0 Å². The van der Waals surface area contributed by atoms with Crippen molar-refractivity contribution >= 4 is 17.8 Å². The van der Waals surface area contributed by atoms with Crippen molar-refractivity contribution < 1.29 is 19.1 Å². The van der Waals surface area contributed by atoms with Gasteiger partial charge in [-0.05, 0) is 24.5 Å². The van der Waals surface area contributed by atoms with E-state index in [1.54, 1.807) is 17.0 Å². The van der Waals surface area contributed by atoms with Crippen LogP contribution in [0.3, 0.4) is 0 Å². The third-order valence-corrected chi connectivity index (χ3v) is 5.53. The Balaban J connectivity index is 1.42. The number of pyridine rings is 1. The van der Waals surface area contributed by atoms with E-state index in [0.29, 0.717) is 37.4 Å². The molecule has 2 aliphatic rings. The van der Waals surface area contributed by atoms with Crippen LogP contribution in [-0.4, -0.2) is 58.4 Å². The molecule has 0 aliphatic carbocycles. The van der Waals surface area contributed by atoms with Gasteiger partial charge in [-0.3, -0.25) is 14.5 Å². The molecule has 1 N–H and O–H groups in total. The van der Waals surface area contributed by atoms with Gasteiger partial charge < -0.3 is 15.0 Å².